The zero-order valence-corrected chi connectivity index (χ0v) is 14.1. The zero-order valence-electron chi connectivity index (χ0n) is 14.1. The van der Waals surface area contributed by atoms with Gasteiger partial charge >= 0.3 is 0 Å². The predicted molar refractivity (Wildman–Crippen MR) is 91.9 cm³/mol. The molecule has 0 unspecified atom stereocenters. The molecule has 1 N–H and O–H groups in total. The van der Waals surface area contributed by atoms with Gasteiger partial charge in [-0.05, 0) is 25.5 Å². The Kier molecular flexibility index (Phi) is 4.93. The molecule has 6 nitrogen and oxygen atoms in total. The summed E-state index contributed by atoms with van der Waals surface area (Å²) >= 11 is 0. The van der Waals surface area contributed by atoms with Crippen molar-refractivity contribution in [2.45, 2.75) is 39.7 Å². The Morgan fingerprint density at radius 2 is 2.08 bits per heavy atom. The summed E-state index contributed by atoms with van der Waals surface area (Å²) in [4.78, 5) is 16.8. The van der Waals surface area contributed by atoms with E-state index in [4.69, 9.17) is 4.52 Å². The molecule has 1 amide bonds. The minimum absolute atomic E-state index is 0.208. The predicted octanol–water partition coefficient (Wildman–Crippen LogP) is 2.97. The van der Waals surface area contributed by atoms with Gasteiger partial charge in [-0.2, -0.15) is 0 Å². The maximum Gasteiger partial charge on any atom is 0.273 e. The second-order valence-corrected chi connectivity index (χ2v) is 5.70. The quantitative estimate of drug-likeness (QED) is 0.724. The van der Waals surface area contributed by atoms with Gasteiger partial charge in [-0.15, -0.1) is 0 Å². The lowest BCUT2D eigenvalue weighted by molar-refractivity contribution is 0.0945. The monoisotopic (exact) mass is 326 g/mol. The first-order valence-corrected chi connectivity index (χ1v) is 8.40. The first-order chi connectivity index (χ1) is 11.7. The third kappa shape index (κ3) is 3.32. The Labute approximate surface area is 140 Å². The van der Waals surface area contributed by atoms with Gasteiger partial charge in [0.15, 0.2) is 5.69 Å². The minimum Gasteiger partial charge on any atom is -0.361 e. The zero-order chi connectivity index (χ0) is 16.9. The molecular weight excluding hydrogens is 304 g/mol. The molecular formula is C18H22N4O2. The number of hydrogen-bond acceptors (Lipinski definition) is 4. The van der Waals surface area contributed by atoms with Crippen molar-refractivity contribution < 1.29 is 9.32 Å². The smallest absolute Gasteiger partial charge is 0.273 e. The van der Waals surface area contributed by atoms with Gasteiger partial charge in [0.25, 0.3) is 5.91 Å². The molecule has 3 rings (SSSR count). The molecule has 0 fully saturated rings. The van der Waals surface area contributed by atoms with Crippen LogP contribution in [0.1, 0.15) is 42.3 Å². The Morgan fingerprint density at radius 3 is 2.88 bits per heavy atom. The summed E-state index contributed by atoms with van der Waals surface area (Å²) in [6.07, 6.45) is 2.43. The van der Waals surface area contributed by atoms with Crippen LogP contribution in [0.2, 0.25) is 0 Å². The Morgan fingerprint density at radius 1 is 1.25 bits per heavy atom. The van der Waals surface area contributed by atoms with Crippen molar-refractivity contribution in [1.82, 2.24) is 20.0 Å². The summed E-state index contributed by atoms with van der Waals surface area (Å²) in [5.74, 6) is 1.52. The van der Waals surface area contributed by atoms with Gasteiger partial charge in [0.05, 0.1) is 11.0 Å². The molecule has 0 atom stereocenters. The van der Waals surface area contributed by atoms with Crippen LogP contribution in [-0.4, -0.2) is 27.2 Å². The Balaban J connectivity index is 1.62. The fraction of sp³-hybridized carbons (Fsp3) is 0.389. The van der Waals surface area contributed by atoms with Crippen LogP contribution in [0.5, 0.6) is 0 Å². The minimum atomic E-state index is -0.208. The second-order valence-electron chi connectivity index (χ2n) is 5.70. The van der Waals surface area contributed by atoms with Crippen LogP contribution in [0.4, 0.5) is 0 Å². The molecule has 0 spiro atoms. The van der Waals surface area contributed by atoms with E-state index >= 15 is 0 Å². The first-order valence-electron chi connectivity index (χ1n) is 8.40. The number of aromatic nitrogens is 3. The van der Waals surface area contributed by atoms with E-state index in [1.807, 2.05) is 18.2 Å². The highest BCUT2D eigenvalue weighted by molar-refractivity contribution is 5.92. The van der Waals surface area contributed by atoms with E-state index in [1.54, 1.807) is 6.07 Å². The van der Waals surface area contributed by atoms with Crippen molar-refractivity contribution in [1.29, 1.82) is 0 Å². The number of imidazole rings is 1. The number of rotatable bonds is 7. The summed E-state index contributed by atoms with van der Waals surface area (Å²) in [5, 5.41) is 6.70. The summed E-state index contributed by atoms with van der Waals surface area (Å²) in [6.45, 7) is 5.52. The molecule has 0 bridgehead atoms. The van der Waals surface area contributed by atoms with Crippen LogP contribution in [0.3, 0.4) is 0 Å². The molecule has 0 aliphatic rings. The third-order valence-corrected chi connectivity index (χ3v) is 3.97. The third-order valence-electron chi connectivity index (χ3n) is 3.97. The number of aryl methyl sites for hydroxylation is 2. The summed E-state index contributed by atoms with van der Waals surface area (Å²) in [5.41, 5.74) is 2.45. The molecule has 3 aromatic rings. The highest BCUT2D eigenvalue weighted by Crippen LogP contribution is 2.16. The van der Waals surface area contributed by atoms with Crippen LogP contribution in [0, 0.1) is 0 Å². The van der Waals surface area contributed by atoms with Crippen LogP contribution in [0.15, 0.2) is 34.9 Å². The van der Waals surface area contributed by atoms with Gasteiger partial charge in [-0.3, -0.25) is 4.79 Å². The van der Waals surface area contributed by atoms with Crippen LogP contribution in [-0.2, 0) is 19.4 Å². The van der Waals surface area contributed by atoms with E-state index < -0.39 is 0 Å². The van der Waals surface area contributed by atoms with Crippen LogP contribution in [0.25, 0.3) is 11.0 Å². The topological polar surface area (TPSA) is 73.0 Å². The van der Waals surface area contributed by atoms with Crippen molar-refractivity contribution in [2.75, 3.05) is 6.54 Å². The van der Waals surface area contributed by atoms with E-state index in [1.165, 1.54) is 0 Å². The van der Waals surface area contributed by atoms with E-state index in [2.05, 4.69) is 39.9 Å². The van der Waals surface area contributed by atoms with Crippen LogP contribution < -0.4 is 5.32 Å². The van der Waals surface area contributed by atoms with Gasteiger partial charge in [0, 0.05) is 32.0 Å². The molecule has 0 saturated carbocycles. The second kappa shape index (κ2) is 7.29. The van der Waals surface area contributed by atoms with Crippen molar-refractivity contribution >= 4 is 16.9 Å². The van der Waals surface area contributed by atoms with Gasteiger partial charge in [-0.1, -0.05) is 24.2 Å². The number of nitrogens with one attached hydrogen (secondary N) is 1. The maximum atomic E-state index is 12.1. The lowest BCUT2D eigenvalue weighted by Gasteiger charge is -2.06. The average Bonchev–Trinajstić information content (AvgIpc) is 3.19. The summed E-state index contributed by atoms with van der Waals surface area (Å²) in [6, 6.07) is 9.78. The largest absolute Gasteiger partial charge is 0.361 e. The fourth-order valence-electron chi connectivity index (χ4n) is 2.83. The number of benzene rings is 1. The lowest BCUT2D eigenvalue weighted by atomic mass is 10.2. The molecule has 126 valence electrons. The van der Waals surface area contributed by atoms with Gasteiger partial charge in [0.2, 0.25) is 0 Å². The number of fused-ring (bicyclic) bond motifs is 1. The molecule has 6 heteroatoms. The van der Waals surface area contributed by atoms with Crippen molar-refractivity contribution in [2.24, 2.45) is 0 Å². The molecule has 1 aromatic carbocycles. The number of para-hydroxylation sites is 2. The lowest BCUT2D eigenvalue weighted by Crippen LogP contribution is -2.26. The van der Waals surface area contributed by atoms with Crippen molar-refractivity contribution in [3.63, 3.8) is 0 Å². The van der Waals surface area contributed by atoms with Gasteiger partial charge < -0.3 is 14.4 Å². The van der Waals surface area contributed by atoms with Crippen LogP contribution >= 0.6 is 0 Å². The molecule has 2 aromatic heterocycles. The fourth-order valence-corrected chi connectivity index (χ4v) is 2.83. The standard InChI is InChI=1S/C18H22N4O2/c1-3-7-13-12-15(21-24-13)18(23)19-11-10-17-20-14-8-5-6-9-16(14)22(17)4-2/h5-6,8-9,12H,3-4,7,10-11H2,1-2H3,(H,19,23). The SMILES string of the molecule is CCCc1cc(C(=O)NCCc2nc3ccccc3n2CC)no1. The first kappa shape index (κ1) is 16.2. The highest BCUT2D eigenvalue weighted by Gasteiger charge is 2.13. The molecule has 0 radical (unpaired) electrons. The molecule has 0 saturated heterocycles. The molecule has 24 heavy (non-hydrogen) atoms. The number of amides is 1. The van der Waals surface area contributed by atoms with E-state index in [0.29, 0.717) is 18.7 Å². The van der Waals surface area contributed by atoms with Gasteiger partial charge in [0.1, 0.15) is 11.6 Å². The highest BCUT2D eigenvalue weighted by atomic mass is 16.5. The van der Waals surface area contributed by atoms with Gasteiger partial charge in [-0.25, -0.2) is 4.98 Å². The Hall–Kier alpha value is -2.63. The van der Waals surface area contributed by atoms with E-state index in [-0.39, 0.29) is 5.91 Å². The number of carbonyl (C=O) groups is 1. The number of nitrogens with zero attached hydrogens (tertiary/aromatic N) is 3. The maximum absolute atomic E-state index is 12.1. The van der Waals surface area contributed by atoms with E-state index in [9.17, 15) is 4.79 Å². The Bertz CT molecular complexity index is 835. The summed E-state index contributed by atoms with van der Waals surface area (Å²) in [7, 11) is 0. The number of carbonyl (C=O) groups excluding carboxylic acids is 1. The van der Waals surface area contributed by atoms with E-state index in [0.717, 1.165) is 42.0 Å². The summed E-state index contributed by atoms with van der Waals surface area (Å²) < 4.78 is 7.32. The van der Waals surface area contributed by atoms with Crippen molar-refractivity contribution in [3.05, 3.63) is 47.6 Å². The molecule has 0 aliphatic heterocycles. The molecule has 0 aliphatic carbocycles. The average molecular weight is 326 g/mol. The number of hydrogen-bond donors (Lipinski definition) is 1. The normalized spacial score (nSPS) is 11.1. The molecule has 2 heterocycles. The van der Waals surface area contributed by atoms with Crippen molar-refractivity contribution in [3.8, 4) is 0 Å².